The van der Waals surface area contributed by atoms with E-state index in [1.54, 1.807) is 0 Å². The molecule has 0 bridgehead atoms. The molecule has 0 spiro atoms. The van der Waals surface area contributed by atoms with Gasteiger partial charge in [0.2, 0.25) is 0 Å². The van der Waals surface area contributed by atoms with Gasteiger partial charge in [0, 0.05) is 23.0 Å². The van der Waals surface area contributed by atoms with Crippen molar-refractivity contribution in [2.24, 2.45) is 0 Å². The average molecular weight is 637 g/mol. The van der Waals surface area contributed by atoms with Crippen LogP contribution < -0.4 is 0 Å². The number of nitrogens with zero attached hydrogens (tertiary/aromatic N) is 4. The van der Waals surface area contributed by atoms with Gasteiger partial charge in [-0.25, -0.2) is 9.97 Å². The predicted octanol–water partition coefficient (Wildman–Crippen LogP) is 12.5. The highest BCUT2D eigenvalue weighted by Crippen LogP contribution is 2.36. The molecule has 248 valence electrons. The van der Waals surface area contributed by atoms with Crippen LogP contribution in [0.5, 0.6) is 0 Å². The Morgan fingerprint density at radius 2 is 1.12 bits per heavy atom. The predicted molar refractivity (Wildman–Crippen MR) is 208 cm³/mol. The Hall–Kier alpha value is -4.70. The summed E-state index contributed by atoms with van der Waals surface area (Å²) in [5.41, 5.74) is 10.5. The topological polar surface area (TPSA) is 35.6 Å². The highest BCUT2D eigenvalue weighted by molar-refractivity contribution is 5.86. The third-order valence-electron chi connectivity index (χ3n) is 10.3. The molecular weight excluding hydrogens is 585 g/mol. The third-order valence-corrected chi connectivity index (χ3v) is 10.3. The van der Waals surface area contributed by atoms with E-state index in [0.717, 1.165) is 69.8 Å². The van der Waals surface area contributed by atoms with Crippen molar-refractivity contribution < 1.29 is 0 Å². The minimum atomic E-state index is 0.108. The first-order chi connectivity index (χ1) is 23.1. The smallest absolute Gasteiger partial charge is 0.145 e. The number of imidazole rings is 2. The Morgan fingerprint density at radius 1 is 0.583 bits per heavy atom. The van der Waals surface area contributed by atoms with Gasteiger partial charge in [0.05, 0.1) is 22.1 Å². The summed E-state index contributed by atoms with van der Waals surface area (Å²) >= 11 is 0. The number of para-hydroxylation sites is 1. The summed E-state index contributed by atoms with van der Waals surface area (Å²) in [7, 11) is 0. The van der Waals surface area contributed by atoms with E-state index in [0.29, 0.717) is 0 Å². The van der Waals surface area contributed by atoms with Gasteiger partial charge in [-0.15, -0.1) is 0 Å². The van der Waals surface area contributed by atoms with Gasteiger partial charge in [0.1, 0.15) is 11.6 Å². The van der Waals surface area contributed by atoms with Crippen LogP contribution >= 0.6 is 0 Å². The molecule has 6 rings (SSSR count). The fourth-order valence-corrected chi connectivity index (χ4v) is 6.14. The molecule has 0 saturated heterocycles. The summed E-state index contributed by atoms with van der Waals surface area (Å²) < 4.78 is 4.49. The normalized spacial score (nSPS) is 12.4. The maximum Gasteiger partial charge on any atom is 0.145 e. The molecule has 0 saturated carbocycles. The Kier molecular flexibility index (Phi) is 10.5. The summed E-state index contributed by atoms with van der Waals surface area (Å²) in [5.74, 6) is 1.88. The summed E-state index contributed by atoms with van der Waals surface area (Å²) in [4.78, 5) is 10.4. The molecule has 4 heteroatoms. The lowest BCUT2D eigenvalue weighted by atomic mass is 9.78. The second-order valence-electron chi connectivity index (χ2n) is 13.6. The average Bonchev–Trinajstić information content (AvgIpc) is 3.70. The van der Waals surface area contributed by atoms with Gasteiger partial charge in [-0.1, -0.05) is 114 Å². The number of rotatable bonds is 9. The van der Waals surface area contributed by atoms with Crippen LogP contribution in [0.15, 0.2) is 109 Å². The van der Waals surface area contributed by atoms with Crippen LogP contribution in [0.25, 0.3) is 56.7 Å². The lowest BCUT2D eigenvalue weighted by molar-refractivity contribution is 0.439. The lowest BCUT2D eigenvalue weighted by Crippen LogP contribution is -2.19. The van der Waals surface area contributed by atoms with Crippen molar-refractivity contribution >= 4 is 28.3 Å². The Bertz CT molecular complexity index is 2030. The highest BCUT2D eigenvalue weighted by atomic mass is 15.1. The molecular formula is C44H52N4. The van der Waals surface area contributed by atoms with Crippen LogP contribution in [-0.4, -0.2) is 19.1 Å². The molecule has 0 N–H and O–H groups in total. The van der Waals surface area contributed by atoms with Crippen LogP contribution in [0.4, 0.5) is 0 Å². The van der Waals surface area contributed by atoms with E-state index in [9.17, 15) is 0 Å². The minimum absolute atomic E-state index is 0.108. The molecule has 0 radical (unpaired) electrons. The maximum atomic E-state index is 5.26. The van der Waals surface area contributed by atoms with Crippen LogP contribution in [0.3, 0.4) is 0 Å². The maximum absolute atomic E-state index is 5.26. The van der Waals surface area contributed by atoms with Crippen molar-refractivity contribution in [1.29, 1.82) is 0 Å². The monoisotopic (exact) mass is 636 g/mol. The van der Waals surface area contributed by atoms with Crippen LogP contribution in [0.1, 0.15) is 92.7 Å². The summed E-state index contributed by atoms with van der Waals surface area (Å²) in [6.45, 7) is 19.8. The first kappa shape index (κ1) is 34.6. The van der Waals surface area contributed by atoms with Gasteiger partial charge in [-0.3, -0.25) is 9.13 Å². The molecule has 48 heavy (non-hydrogen) atoms. The second-order valence-corrected chi connectivity index (χ2v) is 13.6. The number of hydrogen-bond donors (Lipinski definition) is 0. The highest BCUT2D eigenvalue weighted by Gasteiger charge is 2.24. The lowest BCUT2D eigenvalue weighted by Gasteiger charge is -2.27. The molecule has 2 heterocycles. The van der Waals surface area contributed by atoms with Gasteiger partial charge >= 0.3 is 0 Å². The van der Waals surface area contributed by atoms with E-state index >= 15 is 0 Å². The molecule has 0 aliphatic carbocycles. The van der Waals surface area contributed by atoms with E-state index in [1.165, 1.54) is 11.1 Å². The van der Waals surface area contributed by atoms with Crippen LogP contribution in [-0.2, 0) is 10.8 Å². The van der Waals surface area contributed by atoms with E-state index in [-0.39, 0.29) is 10.8 Å². The van der Waals surface area contributed by atoms with Crippen molar-refractivity contribution in [1.82, 2.24) is 19.1 Å². The van der Waals surface area contributed by atoms with Crippen molar-refractivity contribution in [3.63, 3.8) is 0 Å². The van der Waals surface area contributed by atoms with Crippen molar-refractivity contribution in [2.45, 2.75) is 92.4 Å². The Morgan fingerprint density at radius 3 is 1.71 bits per heavy atom. The fraction of sp³-hybridized carbons (Fsp3) is 0.318. The SMILES string of the molecule is C/C=C/n1c(-c2ccc(-c3nc4cc(C(C)(CC)CC)ccc4n3-c3ccccc3)cc2)nc2cc(C(C)(C)CC)ccc21.C/C=C\C. The Balaban J connectivity index is 0.00000107. The minimum Gasteiger partial charge on any atom is -0.299 e. The fourth-order valence-electron chi connectivity index (χ4n) is 6.14. The van der Waals surface area contributed by atoms with E-state index in [2.05, 4.69) is 161 Å². The van der Waals surface area contributed by atoms with Crippen molar-refractivity contribution in [2.75, 3.05) is 0 Å². The molecule has 0 amide bonds. The second kappa shape index (κ2) is 14.6. The molecule has 2 aromatic heterocycles. The summed E-state index contributed by atoms with van der Waals surface area (Å²) in [6.07, 6.45) is 11.4. The van der Waals surface area contributed by atoms with Gasteiger partial charge in [-0.05, 0) is 98.4 Å². The van der Waals surface area contributed by atoms with Gasteiger partial charge < -0.3 is 0 Å². The number of allylic oxidation sites excluding steroid dienone is 3. The zero-order chi connectivity index (χ0) is 34.5. The van der Waals surface area contributed by atoms with Gasteiger partial charge in [0.15, 0.2) is 0 Å². The zero-order valence-corrected chi connectivity index (χ0v) is 30.4. The molecule has 4 nitrogen and oxygen atoms in total. The number of aromatic nitrogens is 4. The largest absolute Gasteiger partial charge is 0.299 e. The zero-order valence-electron chi connectivity index (χ0n) is 30.4. The summed E-state index contributed by atoms with van der Waals surface area (Å²) in [6, 6.07) is 32.8. The van der Waals surface area contributed by atoms with E-state index < -0.39 is 0 Å². The van der Waals surface area contributed by atoms with Gasteiger partial charge in [0.25, 0.3) is 0 Å². The van der Waals surface area contributed by atoms with Crippen LogP contribution in [0, 0.1) is 0 Å². The molecule has 0 aliphatic heterocycles. The quantitative estimate of drug-likeness (QED) is 0.148. The molecule has 6 aromatic rings. The van der Waals surface area contributed by atoms with Crippen molar-refractivity contribution in [3.05, 3.63) is 120 Å². The molecule has 0 atom stereocenters. The number of hydrogen-bond acceptors (Lipinski definition) is 2. The number of fused-ring (bicyclic) bond motifs is 2. The Labute approximate surface area is 287 Å². The van der Waals surface area contributed by atoms with E-state index in [1.807, 2.05) is 26.0 Å². The number of benzene rings is 4. The van der Waals surface area contributed by atoms with Crippen molar-refractivity contribution in [3.8, 4) is 28.5 Å². The standard InChI is InChI=1S/C40H44N4.C4H8/c1-8-25-43-35-23-21-30(39(5,6)9-2)26-33(35)41-37(43)28-17-19-29(20-18-28)38-42-34-27-31(40(7,10-3)11-4)22-24-36(34)44(38)32-15-13-12-14-16-32;1-3-4-2/h8,12-27H,9-11H2,1-7H3;3-4H,1-2H3/b25-8+;4-3-. The first-order valence-electron chi connectivity index (χ1n) is 17.6. The first-order valence-corrected chi connectivity index (χ1v) is 17.6. The molecule has 0 unspecified atom stereocenters. The van der Waals surface area contributed by atoms with E-state index in [4.69, 9.17) is 9.97 Å². The molecule has 0 aliphatic rings. The molecule has 4 aromatic carbocycles. The molecule has 0 fully saturated rings. The summed E-state index contributed by atoms with van der Waals surface area (Å²) in [5, 5.41) is 0. The third kappa shape index (κ3) is 6.67. The van der Waals surface area contributed by atoms with Gasteiger partial charge in [-0.2, -0.15) is 0 Å². The van der Waals surface area contributed by atoms with Crippen LogP contribution in [0.2, 0.25) is 0 Å².